The third-order valence-corrected chi connectivity index (χ3v) is 4.20. The fourth-order valence-electron chi connectivity index (χ4n) is 2.74. The summed E-state index contributed by atoms with van der Waals surface area (Å²) in [6, 6.07) is 0. The highest BCUT2D eigenvalue weighted by molar-refractivity contribution is 5.89. The van der Waals surface area contributed by atoms with Crippen LogP contribution in [-0.4, -0.2) is 48.7 Å². The number of nitrogens with zero attached hydrogens (tertiary/aromatic N) is 1. The molecule has 0 bridgehead atoms. The van der Waals surface area contributed by atoms with Crippen molar-refractivity contribution in [2.24, 2.45) is 17.3 Å². The van der Waals surface area contributed by atoms with E-state index >= 15 is 0 Å². The van der Waals surface area contributed by atoms with Crippen LogP contribution in [0.15, 0.2) is 0 Å². The Bertz CT molecular complexity index is 347. The van der Waals surface area contributed by atoms with E-state index in [9.17, 15) is 9.59 Å². The van der Waals surface area contributed by atoms with Crippen molar-refractivity contribution in [2.75, 3.05) is 26.8 Å². The van der Waals surface area contributed by atoms with Crippen molar-refractivity contribution >= 4 is 11.9 Å². The molecule has 1 saturated heterocycles. The standard InChI is InChI=1S/C13H21NO4/c1-13(8-18-2)3-5-14(6-4-13)11(15)9-7-10(9)12(16)17/h9-10H,3-8H2,1-2H3,(H,16,17). The smallest absolute Gasteiger partial charge is 0.307 e. The molecule has 18 heavy (non-hydrogen) atoms. The number of methoxy groups -OCH3 is 1. The number of carboxylic acids is 1. The Labute approximate surface area is 107 Å². The molecule has 2 unspecified atom stereocenters. The van der Waals surface area contributed by atoms with Crippen molar-refractivity contribution in [2.45, 2.75) is 26.2 Å². The monoisotopic (exact) mass is 255 g/mol. The van der Waals surface area contributed by atoms with Crippen LogP contribution in [0, 0.1) is 17.3 Å². The number of hydrogen-bond acceptors (Lipinski definition) is 3. The Balaban J connectivity index is 1.83. The van der Waals surface area contributed by atoms with Crippen LogP contribution in [0.1, 0.15) is 26.2 Å². The van der Waals surface area contributed by atoms with Crippen molar-refractivity contribution < 1.29 is 19.4 Å². The average molecular weight is 255 g/mol. The Hall–Kier alpha value is -1.10. The van der Waals surface area contributed by atoms with E-state index in [4.69, 9.17) is 9.84 Å². The molecule has 1 saturated carbocycles. The highest BCUT2D eigenvalue weighted by atomic mass is 16.5. The summed E-state index contributed by atoms with van der Waals surface area (Å²) >= 11 is 0. The third kappa shape index (κ3) is 2.66. The molecule has 2 rings (SSSR count). The van der Waals surface area contributed by atoms with E-state index in [2.05, 4.69) is 6.92 Å². The molecule has 2 atom stereocenters. The summed E-state index contributed by atoms with van der Waals surface area (Å²) in [5.74, 6) is -1.52. The zero-order chi connectivity index (χ0) is 13.3. The fraction of sp³-hybridized carbons (Fsp3) is 0.846. The van der Waals surface area contributed by atoms with Gasteiger partial charge >= 0.3 is 5.97 Å². The second kappa shape index (κ2) is 4.88. The maximum atomic E-state index is 12.1. The number of rotatable bonds is 4. The highest BCUT2D eigenvalue weighted by Crippen LogP contribution is 2.41. The third-order valence-electron chi connectivity index (χ3n) is 4.20. The van der Waals surface area contributed by atoms with E-state index in [1.165, 1.54) is 0 Å². The number of carboxylic acid groups (broad SMARTS) is 1. The summed E-state index contributed by atoms with van der Waals surface area (Å²) in [4.78, 5) is 24.7. The number of hydrogen-bond donors (Lipinski definition) is 1. The van der Waals surface area contributed by atoms with Gasteiger partial charge in [-0.05, 0) is 24.7 Å². The molecule has 0 aromatic rings. The first-order valence-corrected chi connectivity index (χ1v) is 6.47. The van der Waals surface area contributed by atoms with Crippen molar-refractivity contribution in [1.82, 2.24) is 4.90 Å². The Morgan fingerprint density at radius 1 is 1.33 bits per heavy atom. The zero-order valence-electron chi connectivity index (χ0n) is 11.0. The van der Waals surface area contributed by atoms with Crippen LogP contribution in [0.5, 0.6) is 0 Å². The molecule has 0 spiro atoms. The average Bonchev–Trinajstić information content (AvgIpc) is 3.09. The minimum absolute atomic E-state index is 0.0295. The van der Waals surface area contributed by atoms with E-state index < -0.39 is 11.9 Å². The number of amides is 1. The lowest BCUT2D eigenvalue weighted by atomic mass is 9.81. The molecule has 1 heterocycles. The van der Waals surface area contributed by atoms with Gasteiger partial charge < -0.3 is 14.7 Å². The van der Waals surface area contributed by atoms with Gasteiger partial charge in [0.2, 0.25) is 5.91 Å². The van der Waals surface area contributed by atoms with Gasteiger partial charge in [0.05, 0.1) is 18.4 Å². The Kier molecular flexibility index (Phi) is 3.61. The number of piperidine rings is 1. The van der Waals surface area contributed by atoms with Gasteiger partial charge in [0.15, 0.2) is 0 Å². The lowest BCUT2D eigenvalue weighted by Gasteiger charge is -2.39. The summed E-state index contributed by atoms with van der Waals surface area (Å²) in [5.41, 5.74) is 0.154. The summed E-state index contributed by atoms with van der Waals surface area (Å²) in [7, 11) is 1.70. The van der Waals surface area contributed by atoms with Gasteiger partial charge in [-0.2, -0.15) is 0 Å². The number of carbonyl (C=O) groups excluding carboxylic acids is 1. The minimum atomic E-state index is -0.838. The fourth-order valence-corrected chi connectivity index (χ4v) is 2.74. The topological polar surface area (TPSA) is 66.8 Å². The molecule has 0 radical (unpaired) electrons. The van der Waals surface area contributed by atoms with Crippen LogP contribution < -0.4 is 0 Å². The van der Waals surface area contributed by atoms with E-state index in [0.29, 0.717) is 6.42 Å². The molecule has 0 aromatic carbocycles. The van der Waals surface area contributed by atoms with Crippen LogP contribution >= 0.6 is 0 Å². The lowest BCUT2D eigenvalue weighted by Crippen LogP contribution is -2.44. The molecule has 0 aromatic heterocycles. The molecular formula is C13H21NO4. The molecule has 1 aliphatic carbocycles. The largest absolute Gasteiger partial charge is 0.481 e. The number of aliphatic carboxylic acids is 1. The summed E-state index contributed by atoms with van der Waals surface area (Å²) < 4.78 is 5.21. The van der Waals surface area contributed by atoms with Gasteiger partial charge in [0.25, 0.3) is 0 Å². The highest BCUT2D eigenvalue weighted by Gasteiger charge is 2.50. The normalized spacial score (nSPS) is 30.0. The van der Waals surface area contributed by atoms with Gasteiger partial charge in [-0.1, -0.05) is 6.92 Å². The zero-order valence-corrected chi connectivity index (χ0v) is 11.0. The minimum Gasteiger partial charge on any atom is -0.481 e. The molecule has 2 fully saturated rings. The van der Waals surface area contributed by atoms with E-state index in [-0.39, 0.29) is 17.2 Å². The van der Waals surface area contributed by atoms with Crippen LogP contribution in [0.2, 0.25) is 0 Å². The second-order valence-electron chi connectivity index (χ2n) is 5.86. The van der Waals surface area contributed by atoms with Crippen LogP contribution in [0.3, 0.4) is 0 Å². The van der Waals surface area contributed by atoms with Gasteiger partial charge in [-0.15, -0.1) is 0 Å². The molecular weight excluding hydrogens is 234 g/mol. The van der Waals surface area contributed by atoms with Gasteiger partial charge in [-0.25, -0.2) is 0 Å². The van der Waals surface area contributed by atoms with Crippen molar-refractivity contribution in [3.05, 3.63) is 0 Å². The van der Waals surface area contributed by atoms with Crippen LogP contribution in [-0.2, 0) is 14.3 Å². The SMILES string of the molecule is COCC1(C)CCN(C(=O)C2CC2C(=O)O)CC1. The summed E-state index contributed by atoms with van der Waals surface area (Å²) in [6.45, 7) is 4.34. The number of ether oxygens (including phenoxy) is 1. The van der Waals surface area contributed by atoms with E-state index in [1.807, 2.05) is 4.90 Å². The first kappa shape index (κ1) is 13.3. The molecule has 1 aliphatic heterocycles. The predicted octanol–water partition coefficient (Wildman–Crippen LogP) is 0.982. The first-order chi connectivity index (χ1) is 8.47. The van der Waals surface area contributed by atoms with Crippen molar-refractivity contribution in [3.8, 4) is 0 Å². The predicted molar refractivity (Wildman–Crippen MR) is 65.0 cm³/mol. The van der Waals surface area contributed by atoms with Crippen molar-refractivity contribution in [3.63, 3.8) is 0 Å². The van der Waals surface area contributed by atoms with E-state index in [1.54, 1.807) is 7.11 Å². The van der Waals surface area contributed by atoms with E-state index in [0.717, 1.165) is 32.5 Å². The van der Waals surface area contributed by atoms with Gasteiger partial charge in [0, 0.05) is 20.2 Å². The molecule has 5 heteroatoms. The van der Waals surface area contributed by atoms with Crippen LogP contribution in [0.4, 0.5) is 0 Å². The van der Waals surface area contributed by atoms with Gasteiger partial charge in [-0.3, -0.25) is 9.59 Å². The summed E-state index contributed by atoms with van der Waals surface area (Å²) in [6.07, 6.45) is 2.37. The second-order valence-corrected chi connectivity index (χ2v) is 5.86. The molecule has 1 amide bonds. The maximum absolute atomic E-state index is 12.1. The number of likely N-dealkylation sites (tertiary alicyclic amines) is 1. The van der Waals surface area contributed by atoms with Gasteiger partial charge in [0.1, 0.15) is 0 Å². The van der Waals surface area contributed by atoms with Crippen LogP contribution in [0.25, 0.3) is 0 Å². The lowest BCUT2D eigenvalue weighted by molar-refractivity contribution is -0.142. The summed E-state index contributed by atoms with van der Waals surface area (Å²) in [5, 5.41) is 8.84. The first-order valence-electron chi connectivity index (χ1n) is 6.47. The quantitative estimate of drug-likeness (QED) is 0.813. The molecule has 2 aliphatic rings. The van der Waals surface area contributed by atoms with Crippen molar-refractivity contribution in [1.29, 1.82) is 0 Å². The molecule has 1 N–H and O–H groups in total. The maximum Gasteiger partial charge on any atom is 0.307 e. The molecule has 5 nitrogen and oxygen atoms in total. The molecule has 102 valence electrons. The Morgan fingerprint density at radius 3 is 2.39 bits per heavy atom. The Morgan fingerprint density at radius 2 is 1.94 bits per heavy atom. The number of carbonyl (C=O) groups is 2.